The fourth-order valence-corrected chi connectivity index (χ4v) is 2.16. The van der Waals surface area contributed by atoms with Crippen molar-refractivity contribution in [1.29, 1.82) is 5.26 Å². The lowest BCUT2D eigenvalue weighted by Crippen LogP contribution is -2.09. The summed E-state index contributed by atoms with van der Waals surface area (Å²) in [5, 5.41) is 18.9. The number of nitriles is 1. The Morgan fingerprint density at radius 1 is 1.59 bits per heavy atom. The fourth-order valence-electron chi connectivity index (χ4n) is 1.50. The molecule has 0 bridgehead atoms. The summed E-state index contributed by atoms with van der Waals surface area (Å²) in [6.07, 6.45) is 0.0534. The zero-order valence-corrected chi connectivity index (χ0v) is 11.0. The molecule has 0 fully saturated rings. The van der Waals surface area contributed by atoms with Crippen molar-refractivity contribution in [3.8, 4) is 11.8 Å². The van der Waals surface area contributed by atoms with Crippen molar-refractivity contribution in [3.63, 3.8) is 0 Å². The maximum absolute atomic E-state index is 11.4. The van der Waals surface area contributed by atoms with Crippen molar-refractivity contribution in [1.82, 2.24) is 0 Å². The number of phenolic OH excluding ortho intramolecular Hbond substituents is 1. The third kappa shape index (κ3) is 3.46. The molecule has 1 aromatic rings. The second-order valence-electron chi connectivity index (χ2n) is 3.36. The number of benzene rings is 1. The van der Waals surface area contributed by atoms with E-state index in [1.807, 2.05) is 6.07 Å². The van der Waals surface area contributed by atoms with Crippen LogP contribution in [0.15, 0.2) is 12.1 Å². The van der Waals surface area contributed by atoms with Crippen LogP contribution in [0.25, 0.3) is 0 Å². The molecule has 1 aromatic carbocycles. The van der Waals surface area contributed by atoms with Crippen molar-refractivity contribution in [2.75, 3.05) is 6.61 Å². The first kappa shape index (κ1) is 13.5. The fraction of sp³-hybridized carbons (Fsp3) is 0.333. The molecular weight excluding hydrogens is 286 g/mol. The minimum absolute atomic E-state index is 0.0226. The number of phenols is 1. The number of carbonyl (C=O) groups excluding carboxylic acids is 1. The van der Waals surface area contributed by atoms with E-state index in [2.05, 4.69) is 15.9 Å². The van der Waals surface area contributed by atoms with Crippen LogP contribution in [-0.4, -0.2) is 17.7 Å². The predicted molar refractivity (Wildman–Crippen MR) is 65.8 cm³/mol. The van der Waals surface area contributed by atoms with E-state index in [1.54, 1.807) is 6.92 Å². The van der Waals surface area contributed by atoms with Crippen LogP contribution in [0, 0.1) is 11.3 Å². The number of rotatable bonds is 4. The highest BCUT2D eigenvalue weighted by Crippen LogP contribution is 2.24. The molecule has 0 aliphatic rings. The number of hydrogen-bond donors (Lipinski definition) is 1. The standard InChI is InChI=1S/C12H12BrNO3/c1-2-17-12(16)5-8-3-10(15)4-9(7-14)11(8)6-13/h3-4,15H,2,5-6H2,1H3. The molecule has 0 atom stereocenters. The lowest BCUT2D eigenvalue weighted by atomic mass is 10.00. The van der Waals surface area contributed by atoms with Crippen LogP contribution in [0.4, 0.5) is 0 Å². The lowest BCUT2D eigenvalue weighted by molar-refractivity contribution is -0.142. The summed E-state index contributed by atoms with van der Waals surface area (Å²) in [6.45, 7) is 2.04. The Bertz CT molecular complexity index is 466. The number of esters is 1. The Morgan fingerprint density at radius 3 is 2.82 bits per heavy atom. The third-order valence-electron chi connectivity index (χ3n) is 2.22. The molecule has 0 heterocycles. The average Bonchev–Trinajstić information content (AvgIpc) is 2.28. The largest absolute Gasteiger partial charge is 0.508 e. The van der Waals surface area contributed by atoms with E-state index in [0.29, 0.717) is 28.6 Å². The molecule has 4 nitrogen and oxygen atoms in total. The van der Waals surface area contributed by atoms with Gasteiger partial charge in [0.2, 0.25) is 0 Å². The molecular formula is C12H12BrNO3. The van der Waals surface area contributed by atoms with Gasteiger partial charge in [-0.25, -0.2) is 0 Å². The molecule has 17 heavy (non-hydrogen) atoms. The number of alkyl halides is 1. The van der Waals surface area contributed by atoms with Crippen LogP contribution in [0.5, 0.6) is 5.75 Å². The Kier molecular flexibility index (Phi) is 4.98. The van der Waals surface area contributed by atoms with E-state index in [-0.39, 0.29) is 18.1 Å². The summed E-state index contributed by atoms with van der Waals surface area (Å²) >= 11 is 3.27. The molecule has 0 radical (unpaired) electrons. The lowest BCUT2D eigenvalue weighted by Gasteiger charge is -2.09. The monoisotopic (exact) mass is 297 g/mol. The van der Waals surface area contributed by atoms with Gasteiger partial charge in [0.25, 0.3) is 0 Å². The maximum Gasteiger partial charge on any atom is 0.310 e. The first-order valence-electron chi connectivity index (χ1n) is 5.08. The van der Waals surface area contributed by atoms with Gasteiger partial charge in [-0.3, -0.25) is 4.79 Å². The van der Waals surface area contributed by atoms with Crippen LogP contribution >= 0.6 is 15.9 Å². The second kappa shape index (κ2) is 6.26. The highest BCUT2D eigenvalue weighted by Gasteiger charge is 2.13. The molecule has 0 saturated heterocycles. The van der Waals surface area contributed by atoms with Gasteiger partial charge in [-0.1, -0.05) is 15.9 Å². The Labute approximate surface area is 108 Å². The molecule has 90 valence electrons. The van der Waals surface area contributed by atoms with Gasteiger partial charge in [-0.2, -0.15) is 5.26 Å². The summed E-state index contributed by atoms with van der Waals surface area (Å²) in [5.74, 6) is -0.394. The third-order valence-corrected chi connectivity index (χ3v) is 2.78. The maximum atomic E-state index is 11.4. The summed E-state index contributed by atoms with van der Waals surface area (Å²) in [6, 6.07) is 4.85. The van der Waals surface area contributed by atoms with Crippen LogP contribution in [0.2, 0.25) is 0 Å². The zero-order chi connectivity index (χ0) is 12.8. The molecule has 5 heteroatoms. The smallest absolute Gasteiger partial charge is 0.310 e. The number of nitrogens with zero attached hydrogens (tertiary/aromatic N) is 1. The first-order valence-corrected chi connectivity index (χ1v) is 6.21. The molecule has 0 aliphatic heterocycles. The number of aromatic hydroxyl groups is 1. The second-order valence-corrected chi connectivity index (χ2v) is 3.92. The van der Waals surface area contributed by atoms with E-state index in [4.69, 9.17) is 10.00 Å². The van der Waals surface area contributed by atoms with Crippen molar-refractivity contribution in [2.24, 2.45) is 0 Å². The van der Waals surface area contributed by atoms with Crippen molar-refractivity contribution in [2.45, 2.75) is 18.7 Å². The number of hydrogen-bond acceptors (Lipinski definition) is 4. The molecule has 0 spiro atoms. The van der Waals surface area contributed by atoms with Crippen LogP contribution < -0.4 is 0 Å². The van der Waals surface area contributed by atoms with E-state index in [9.17, 15) is 9.90 Å². The van der Waals surface area contributed by atoms with Crippen LogP contribution in [0.3, 0.4) is 0 Å². The van der Waals surface area contributed by atoms with Crippen LogP contribution in [0.1, 0.15) is 23.6 Å². The number of carbonyl (C=O) groups is 1. The highest BCUT2D eigenvalue weighted by molar-refractivity contribution is 9.08. The van der Waals surface area contributed by atoms with Gasteiger partial charge in [0.05, 0.1) is 24.7 Å². The summed E-state index contributed by atoms with van der Waals surface area (Å²) < 4.78 is 4.84. The molecule has 0 unspecified atom stereocenters. The van der Waals surface area contributed by atoms with Crippen molar-refractivity contribution < 1.29 is 14.6 Å². The van der Waals surface area contributed by atoms with Gasteiger partial charge < -0.3 is 9.84 Å². The topological polar surface area (TPSA) is 70.3 Å². The predicted octanol–water partition coefficient (Wildman–Crippen LogP) is 2.26. The SMILES string of the molecule is CCOC(=O)Cc1cc(O)cc(C#N)c1CBr. The van der Waals surface area contributed by atoms with Crippen molar-refractivity contribution in [3.05, 3.63) is 28.8 Å². The minimum Gasteiger partial charge on any atom is -0.508 e. The molecule has 0 aromatic heterocycles. The van der Waals surface area contributed by atoms with E-state index in [1.165, 1.54) is 12.1 Å². The first-order chi connectivity index (χ1) is 8.12. The van der Waals surface area contributed by atoms with Crippen LogP contribution in [-0.2, 0) is 21.3 Å². The van der Waals surface area contributed by atoms with Gasteiger partial charge >= 0.3 is 5.97 Å². The van der Waals surface area contributed by atoms with E-state index in [0.717, 1.165) is 0 Å². The van der Waals surface area contributed by atoms with E-state index >= 15 is 0 Å². The zero-order valence-electron chi connectivity index (χ0n) is 9.36. The Balaban J connectivity index is 3.10. The number of halogens is 1. The van der Waals surface area contributed by atoms with Gasteiger partial charge in [0.1, 0.15) is 5.75 Å². The molecule has 1 N–H and O–H groups in total. The van der Waals surface area contributed by atoms with Crippen molar-refractivity contribution >= 4 is 21.9 Å². The molecule has 0 amide bonds. The normalized spacial score (nSPS) is 9.71. The highest BCUT2D eigenvalue weighted by atomic mass is 79.9. The molecule has 0 aliphatic carbocycles. The van der Waals surface area contributed by atoms with Gasteiger partial charge in [-0.05, 0) is 30.2 Å². The van der Waals surface area contributed by atoms with Gasteiger partial charge in [0.15, 0.2) is 0 Å². The average molecular weight is 298 g/mol. The summed E-state index contributed by atoms with van der Waals surface area (Å²) in [4.78, 5) is 11.4. The molecule has 0 saturated carbocycles. The quantitative estimate of drug-likeness (QED) is 0.684. The minimum atomic E-state index is -0.371. The molecule has 1 rings (SSSR count). The van der Waals surface area contributed by atoms with Gasteiger partial charge in [0, 0.05) is 5.33 Å². The van der Waals surface area contributed by atoms with Gasteiger partial charge in [-0.15, -0.1) is 0 Å². The summed E-state index contributed by atoms with van der Waals surface area (Å²) in [7, 11) is 0. The van der Waals surface area contributed by atoms with E-state index < -0.39 is 0 Å². The summed E-state index contributed by atoms with van der Waals surface area (Å²) in [5.41, 5.74) is 1.68. The Hall–Kier alpha value is -1.54. The number of ether oxygens (including phenoxy) is 1. The Morgan fingerprint density at radius 2 is 2.29 bits per heavy atom.